The van der Waals surface area contributed by atoms with Gasteiger partial charge in [0.1, 0.15) is 6.20 Å². The average molecular weight is 253 g/mol. The second-order valence-corrected chi connectivity index (χ2v) is 4.55. The second-order valence-electron chi connectivity index (χ2n) is 4.55. The molecule has 0 radical (unpaired) electrons. The van der Waals surface area contributed by atoms with Crippen LogP contribution in [0.4, 0.5) is 11.5 Å². The van der Waals surface area contributed by atoms with Gasteiger partial charge in [0, 0.05) is 19.1 Å². The fourth-order valence-corrected chi connectivity index (χ4v) is 2.46. The van der Waals surface area contributed by atoms with Crippen molar-refractivity contribution in [2.45, 2.75) is 32.2 Å². The Labute approximate surface area is 106 Å². The quantitative estimate of drug-likeness (QED) is 0.610. The molecule has 1 fully saturated rings. The third kappa shape index (κ3) is 2.61. The summed E-state index contributed by atoms with van der Waals surface area (Å²) in [4.78, 5) is 12.7. The lowest BCUT2D eigenvalue weighted by Gasteiger charge is -2.34. The molecule has 0 saturated carbocycles. The maximum Gasteiger partial charge on any atom is 0.366 e. The first-order valence-electron chi connectivity index (χ1n) is 6.39. The number of rotatable bonds is 5. The monoisotopic (exact) mass is 253 g/mol. The van der Waals surface area contributed by atoms with Crippen LogP contribution in [-0.4, -0.2) is 40.8 Å². The maximum atomic E-state index is 11.0. The number of hydrogen-bond acceptors (Lipinski definition) is 5. The van der Waals surface area contributed by atoms with Crippen LogP contribution in [0.25, 0.3) is 0 Å². The van der Waals surface area contributed by atoms with E-state index in [-0.39, 0.29) is 5.82 Å². The highest BCUT2D eigenvalue weighted by atomic mass is 16.6. The van der Waals surface area contributed by atoms with Gasteiger partial charge in [-0.2, -0.15) is 0 Å². The summed E-state index contributed by atoms with van der Waals surface area (Å²) < 4.78 is 0. The van der Waals surface area contributed by atoms with Gasteiger partial charge in [0.05, 0.1) is 0 Å². The van der Waals surface area contributed by atoms with Crippen molar-refractivity contribution >= 4 is 11.5 Å². The Bertz CT molecular complexity index is 400. The molecule has 0 aromatic carbocycles. The summed E-state index contributed by atoms with van der Waals surface area (Å²) in [6.45, 7) is 4.80. The third-order valence-corrected chi connectivity index (χ3v) is 3.27. The largest absolute Gasteiger partial charge is 0.366 e. The van der Waals surface area contributed by atoms with E-state index in [1.54, 1.807) is 6.20 Å². The minimum absolute atomic E-state index is 0.00553. The molecule has 0 spiro atoms. The number of piperidine rings is 1. The van der Waals surface area contributed by atoms with E-state index >= 15 is 0 Å². The molecule has 1 aliphatic heterocycles. The van der Waals surface area contributed by atoms with Crippen LogP contribution in [0.1, 0.15) is 26.2 Å². The standard InChI is InChI=1S/C11H19N5O2/c1-2-6-15(9-4-3-5-12-7-9)10-8-13-14-11(10)16(17)18/h8-9,12H,2-7H2,1H3,(H,13,14). The third-order valence-electron chi connectivity index (χ3n) is 3.27. The molecule has 0 bridgehead atoms. The number of nitro groups is 1. The molecule has 2 rings (SSSR count). The van der Waals surface area contributed by atoms with Gasteiger partial charge < -0.3 is 20.3 Å². The summed E-state index contributed by atoms with van der Waals surface area (Å²) >= 11 is 0. The Kier molecular flexibility index (Phi) is 4.14. The summed E-state index contributed by atoms with van der Waals surface area (Å²) in [5, 5.41) is 20.6. The van der Waals surface area contributed by atoms with Gasteiger partial charge in [0.25, 0.3) is 0 Å². The van der Waals surface area contributed by atoms with E-state index in [2.05, 4.69) is 27.3 Å². The van der Waals surface area contributed by atoms with Crippen LogP contribution < -0.4 is 10.2 Å². The first-order valence-corrected chi connectivity index (χ1v) is 6.39. The molecule has 1 unspecified atom stereocenters. The van der Waals surface area contributed by atoms with Crippen LogP contribution >= 0.6 is 0 Å². The molecule has 1 aliphatic rings. The molecule has 2 N–H and O–H groups in total. The molecule has 1 saturated heterocycles. The van der Waals surface area contributed by atoms with E-state index in [0.717, 1.165) is 38.9 Å². The zero-order valence-electron chi connectivity index (χ0n) is 10.6. The van der Waals surface area contributed by atoms with Crippen LogP contribution in [0, 0.1) is 10.1 Å². The van der Waals surface area contributed by atoms with Gasteiger partial charge in [0.15, 0.2) is 5.69 Å². The van der Waals surface area contributed by atoms with Crippen molar-refractivity contribution in [2.24, 2.45) is 0 Å². The minimum Gasteiger partial charge on any atom is -0.359 e. The Hall–Kier alpha value is -1.63. The van der Waals surface area contributed by atoms with Gasteiger partial charge in [-0.05, 0) is 30.7 Å². The van der Waals surface area contributed by atoms with Gasteiger partial charge in [0.2, 0.25) is 0 Å². The molecular weight excluding hydrogens is 234 g/mol. The number of anilines is 1. The average Bonchev–Trinajstić information content (AvgIpc) is 2.86. The molecule has 2 heterocycles. The molecule has 1 atom stereocenters. The van der Waals surface area contributed by atoms with E-state index in [1.807, 2.05) is 0 Å². The molecule has 100 valence electrons. The van der Waals surface area contributed by atoms with E-state index in [1.165, 1.54) is 0 Å². The lowest BCUT2D eigenvalue weighted by molar-refractivity contribution is -0.388. The number of hydrogen-bond donors (Lipinski definition) is 2. The Morgan fingerprint density at radius 1 is 1.67 bits per heavy atom. The van der Waals surface area contributed by atoms with Crippen molar-refractivity contribution in [1.29, 1.82) is 0 Å². The van der Waals surface area contributed by atoms with E-state index < -0.39 is 4.92 Å². The fraction of sp³-hybridized carbons (Fsp3) is 0.727. The molecule has 1 aromatic rings. The number of nitrogens with zero attached hydrogens (tertiary/aromatic N) is 3. The number of H-pyrrole nitrogens is 1. The zero-order valence-corrected chi connectivity index (χ0v) is 10.6. The van der Waals surface area contributed by atoms with Crippen molar-refractivity contribution in [3.8, 4) is 0 Å². The van der Waals surface area contributed by atoms with E-state index in [9.17, 15) is 10.1 Å². The van der Waals surface area contributed by atoms with Crippen molar-refractivity contribution < 1.29 is 4.92 Å². The lowest BCUT2D eigenvalue weighted by atomic mass is 10.1. The van der Waals surface area contributed by atoms with Gasteiger partial charge in [-0.15, -0.1) is 5.10 Å². The predicted octanol–water partition coefficient (Wildman–Crippen LogP) is 1.29. The predicted molar refractivity (Wildman–Crippen MR) is 68.8 cm³/mol. The van der Waals surface area contributed by atoms with Gasteiger partial charge in [-0.3, -0.25) is 0 Å². The van der Waals surface area contributed by atoms with E-state index in [4.69, 9.17) is 0 Å². The van der Waals surface area contributed by atoms with Crippen molar-refractivity contribution in [2.75, 3.05) is 24.5 Å². The zero-order chi connectivity index (χ0) is 13.0. The van der Waals surface area contributed by atoms with Gasteiger partial charge in [-0.25, -0.2) is 0 Å². The highest BCUT2D eigenvalue weighted by molar-refractivity contribution is 5.58. The Morgan fingerprint density at radius 2 is 2.50 bits per heavy atom. The van der Waals surface area contributed by atoms with Crippen LogP contribution in [0.3, 0.4) is 0 Å². The molecule has 0 amide bonds. The van der Waals surface area contributed by atoms with Crippen LogP contribution in [0.15, 0.2) is 6.20 Å². The summed E-state index contributed by atoms with van der Waals surface area (Å²) in [5.74, 6) is -0.00553. The van der Waals surface area contributed by atoms with Crippen molar-refractivity contribution in [3.63, 3.8) is 0 Å². The second kappa shape index (κ2) is 5.81. The van der Waals surface area contributed by atoms with Crippen LogP contribution in [-0.2, 0) is 0 Å². The SMILES string of the molecule is CCCN(c1cn[nH]c1[N+](=O)[O-])C1CCCNC1. The molecule has 1 aromatic heterocycles. The fourth-order valence-electron chi connectivity index (χ4n) is 2.46. The minimum atomic E-state index is -0.402. The summed E-state index contributed by atoms with van der Waals surface area (Å²) in [6.07, 6.45) is 4.69. The Balaban J connectivity index is 2.22. The molecular formula is C11H19N5O2. The molecule has 7 nitrogen and oxygen atoms in total. The summed E-state index contributed by atoms with van der Waals surface area (Å²) in [7, 11) is 0. The number of nitrogens with one attached hydrogen (secondary N) is 2. The summed E-state index contributed by atoms with van der Waals surface area (Å²) in [6, 6.07) is 0.315. The smallest absolute Gasteiger partial charge is 0.359 e. The van der Waals surface area contributed by atoms with Gasteiger partial charge in [-0.1, -0.05) is 12.0 Å². The number of aromatic nitrogens is 2. The highest BCUT2D eigenvalue weighted by Crippen LogP contribution is 2.28. The van der Waals surface area contributed by atoms with Gasteiger partial charge >= 0.3 is 5.82 Å². The first kappa shape index (κ1) is 12.8. The van der Waals surface area contributed by atoms with Crippen molar-refractivity contribution in [1.82, 2.24) is 15.5 Å². The van der Waals surface area contributed by atoms with Crippen LogP contribution in [0.2, 0.25) is 0 Å². The Morgan fingerprint density at radius 3 is 3.11 bits per heavy atom. The molecule has 0 aliphatic carbocycles. The highest BCUT2D eigenvalue weighted by Gasteiger charge is 2.27. The first-order chi connectivity index (χ1) is 8.74. The molecule has 18 heavy (non-hydrogen) atoms. The molecule has 7 heteroatoms. The maximum absolute atomic E-state index is 11.0. The topological polar surface area (TPSA) is 87.1 Å². The number of aromatic amines is 1. The normalized spacial score (nSPS) is 19.7. The van der Waals surface area contributed by atoms with E-state index in [0.29, 0.717) is 11.7 Å². The summed E-state index contributed by atoms with van der Waals surface area (Å²) in [5.41, 5.74) is 0.607. The van der Waals surface area contributed by atoms with Crippen molar-refractivity contribution in [3.05, 3.63) is 16.3 Å². The van der Waals surface area contributed by atoms with Crippen LogP contribution in [0.5, 0.6) is 0 Å². The lowest BCUT2D eigenvalue weighted by Crippen LogP contribution is -2.46.